The van der Waals surface area contributed by atoms with Gasteiger partial charge in [0.2, 0.25) is 5.95 Å². The van der Waals surface area contributed by atoms with Crippen LogP contribution < -0.4 is 4.90 Å². The van der Waals surface area contributed by atoms with E-state index < -0.39 is 0 Å². The second-order valence-corrected chi connectivity index (χ2v) is 8.37. The molecule has 0 aliphatic carbocycles. The van der Waals surface area contributed by atoms with Gasteiger partial charge in [0, 0.05) is 42.6 Å². The molecule has 0 N–H and O–H groups in total. The lowest BCUT2D eigenvalue weighted by Gasteiger charge is -2.42. The highest BCUT2D eigenvalue weighted by Gasteiger charge is 2.38. The fraction of sp³-hybridized carbons (Fsp3) is 0.292. The van der Waals surface area contributed by atoms with Gasteiger partial charge in [0.1, 0.15) is 17.3 Å². The van der Waals surface area contributed by atoms with Crippen molar-refractivity contribution in [1.82, 2.24) is 14.5 Å². The molecule has 1 atom stereocenters. The average Bonchev–Trinajstić information content (AvgIpc) is 3.38. The average molecular weight is 386 g/mol. The molecule has 0 saturated heterocycles. The zero-order valence-corrected chi connectivity index (χ0v) is 17.5. The van der Waals surface area contributed by atoms with E-state index in [1.165, 1.54) is 21.9 Å². The van der Waals surface area contributed by atoms with Gasteiger partial charge in [-0.3, -0.25) is 4.90 Å². The molecule has 1 aliphatic heterocycles. The Hall–Kier alpha value is -3.21. The SMILES string of the molecule is Cc1ccc2oc3ccccc3c2c1C(C)(C)N1C=CN(c2nccn2C)[C@H]1C. The Morgan fingerprint density at radius 1 is 1.03 bits per heavy atom. The van der Waals surface area contributed by atoms with Gasteiger partial charge in [-0.05, 0) is 51.0 Å². The molecule has 29 heavy (non-hydrogen) atoms. The summed E-state index contributed by atoms with van der Waals surface area (Å²) in [5, 5.41) is 2.38. The van der Waals surface area contributed by atoms with Crippen molar-refractivity contribution in [2.45, 2.75) is 39.4 Å². The summed E-state index contributed by atoms with van der Waals surface area (Å²) in [4.78, 5) is 9.15. The number of aryl methyl sites for hydroxylation is 2. The van der Waals surface area contributed by atoms with E-state index in [0.717, 1.165) is 17.1 Å². The second kappa shape index (κ2) is 6.14. The quantitative estimate of drug-likeness (QED) is 0.466. The minimum Gasteiger partial charge on any atom is -0.456 e. The van der Waals surface area contributed by atoms with Crippen LogP contribution in [0.1, 0.15) is 31.9 Å². The number of nitrogens with zero attached hydrogens (tertiary/aromatic N) is 4. The summed E-state index contributed by atoms with van der Waals surface area (Å²) in [6.45, 7) is 9.00. The largest absolute Gasteiger partial charge is 0.456 e. The number of hydrogen-bond donors (Lipinski definition) is 0. The number of furan rings is 1. The summed E-state index contributed by atoms with van der Waals surface area (Å²) in [5.74, 6) is 0.941. The van der Waals surface area contributed by atoms with E-state index in [0.29, 0.717) is 0 Å². The minimum atomic E-state index is -0.244. The van der Waals surface area contributed by atoms with E-state index >= 15 is 0 Å². The predicted octanol–water partition coefficient (Wildman–Crippen LogP) is 5.50. The molecule has 0 radical (unpaired) electrons. The summed E-state index contributed by atoms with van der Waals surface area (Å²) in [6.07, 6.45) is 8.26. The van der Waals surface area contributed by atoms with Crippen molar-refractivity contribution in [3.8, 4) is 0 Å². The maximum atomic E-state index is 6.17. The van der Waals surface area contributed by atoms with Crippen molar-refractivity contribution in [3.63, 3.8) is 0 Å². The van der Waals surface area contributed by atoms with E-state index in [1.807, 2.05) is 36.1 Å². The Morgan fingerprint density at radius 3 is 2.59 bits per heavy atom. The van der Waals surface area contributed by atoms with Crippen LogP contribution in [0.3, 0.4) is 0 Å². The lowest BCUT2D eigenvalue weighted by atomic mass is 9.85. The Labute approximate surface area is 170 Å². The molecule has 5 rings (SSSR count). The van der Waals surface area contributed by atoms with Gasteiger partial charge in [-0.1, -0.05) is 24.3 Å². The molecule has 0 saturated carbocycles. The monoisotopic (exact) mass is 386 g/mol. The van der Waals surface area contributed by atoms with E-state index in [4.69, 9.17) is 4.42 Å². The molecule has 2 aromatic heterocycles. The Bertz CT molecular complexity index is 1250. The topological polar surface area (TPSA) is 37.4 Å². The van der Waals surface area contributed by atoms with Gasteiger partial charge in [0.25, 0.3) is 0 Å². The highest BCUT2D eigenvalue weighted by Crippen LogP contribution is 2.43. The number of fused-ring (bicyclic) bond motifs is 3. The zero-order chi connectivity index (χ0) is 20.3. The first-order valence-electron chi connectivity index (χ1n) is 10.0. The third-order valence-corrected chi connectivity index (χ3v) is 6.23. The molecular weight excluding hydrogens is 360 g/mol. The summed E-state index contributed by atoms with van der Waals surface area (Å²) in [6, 6.07) is 12.6. The van der Waals surface area contributed by atoms with Crippen LogP contribution >= 0.6 is 0 Å². The summed E-state index contributed by atoms with van der Waals surface area (Å²) in [5.41, 5.74) is 4.20. The van der Waals surface area contributed by atoms with Crippen LogP contribution in [0.15, 0.2) is 65.6 Å². The lowest BCUT2D eigenvalue weighted by molar-refractivity contribution is 0.153. The number of imidazole rings is 1. The molecule has 148 valence electrons. The van der Waals surface area contributed by atoms with E-state index in [2.05, 4.69) is 79.1 Å². The van der Waals surface area contributed by atoms with Gasteiger partial charge in [-0.15, -0.1) is 0 Å². The maximum absolute atomic E-state index is 6.17. The van der Waals surface area contributed by atoms with Gasteiger partial charge >= 0.3 is 0 Å². The first kappa shape index (κ1) is 17.9. The van der Waals surface area contributed by atoms with Crippen molar-refractivity contribution < 1.29 is 4.42 Å². The second-order valence-electron chi connectivity index (χ2n) is 8.37. The van der Waals surface area contributed by atoms with Gasteiger partial charge in [0.15, 0.2) is 0 Å². The molecule has 0 spiro atoms. The number of rotatable bonds is 3. The number of anilines is 1. The zero-order valence-electron chi connectivity index (χ0n) is 17.5. The molecule has 5 heteroatoms. The summed E-state index contributed by atoms with van der Waals surface area (Å²) < 4.78 is 8.22. The first-order chi connectivity index (χ1) is 13.9. The molecule has 0 unspecified atom stereocenters. The van der Waals surface area contributed by atoms with E-state index in [1.54, 1.807) is 0 Å². The normalized spacial score (nSPS) is 17.2. The van der Waals surface area contributed by atoms with Crippen molar-refractivity contribution in [2.75, 3.05) is 4.90 Å². The number of hydrogen-bond acceptors (Lipinski definition) is 4. The molecular formula is C24H26N4O. The Balaban J connectivity index is 1.66. The summed E-state index contributed by atoms with van der Waals surface area (Å²) in [7, 11) is 2.03. The maximum Gasteiger partial charge on any atom is 0.211 e. The van der Waals surface area contributed by atoms with Crippen LogP contribution in [0, 0.1) is 6.92 Å². The van der Waals surface area contributed by atoms with Gasteiger partial charge in [-0.2, -0.15) is 0 Å². The van der Waals surface area contributed by atoms with Crippen LogP contribution in [0.25, 0.3) is 21.9 Å². The van der Waals surface area contributed by atoms with Gasteiger partial charge < -0.3 is 13.9 Å². The van der Waals surface area contributed by atoms with Crippen LogP contribution in [0.2, 0.25) is 0 Å². The van der Waals surface area contributed by atoms with Crippen molar-refractivity contribution in [2.24, 2.45) is 7.05 Å². The van der Waals surface area contributed by atoms with Crippen molar-refractivity contribution >= 4 is 27.9 Å². The van der Waals surface area contributed by atoms with Gasteiger partial charge in [0.05, 0.1) is 5.54 Å². The third-order valence-electron chi connectivity index (χ3n) is 6.23. The van der Waals surface area contributed by atoms with Crippen LogP contribution in [-0.2, 0) is 12.6 Å². The minimum absolute atomic E-state index is 0.138. The first-order valence-corrected chi connectivity index (χ1v) is 10.0. The molecule has 5 nitrogen and oxygen atoms in total. The predicted molar refractivity (Wildman–Crippen MR) is 118 cm³/mol. The third kappa shape index (κ3) is 2.50. The smallest absolute Gasteiger partial charge is 0.211 e. The van der Waals surface area contributed by atoms with Crippen molar-refractivity contribution in [1.29, 1.82) is 0 Å². The molecule has 0 bridgehead atoms. The highest BCUT2D eigenvalue weighted by molar-refractivity contribution is 6.07. The molecule has 2 aromatic carbocycles. The standard InChI is InChI=1S/C24H26N4O/c1-16-10-11-20-21(18-8-6-7-9-19(18)29-20)22(16)24(3,4)28-15-14-27(17(28)2)23-25-12-13-26(23)5/h6-15,17H,1-5H3/t17-/m1/s1. The fourth-order valence-electron chi connectivity index (χ4n) is 4.86. The lowest BCUT2D eigenvalue weighted by Crippen LogP contribution is -2.47. The van der Waals surface area contributed by atoms with E-state index in [-0.39, 0.29) is 11.7 Å². The van der Waals surface area contributed by atoms with Gasteiger partial charge in [-0.25, -0.2) is 4.98 Å². The molecule has 1 aliphatic rings. The Morgan fingerprint density at radius 2 is 1.83 bits per heavy atom. The fourth-order valence-corrected chi connectivity index (χ4v) is 4.86. The van der Waals surface area contributed by atoms with Crippen LogP contribution in [0.4, 0.5) is 5.95 Å². The number of para-hydroxylation sites is 1. The molecule has 3 heterocycles. The van der Waals surface area contributed by atoms with Crippen molar-refractivity contribution in [3.05, 3.63) is 72.3 Å². The highest BCUT2D eigenvalue weighted by atomic mass is 16.3. The van der Waals surface area contributed by atoms with Crippen LogP contribution in [0.5, 0.6) is 0 Å². The van der Waals surface area contributed by atoms with E-state index in [9.17, 15) is 0 Å². The molecule has 0 amide bonds. The molecule has 4 aromatic rings. The number of aromatic nitrogens is 2. The number of benzene rings is 2. The van der Waals surface area contributed by atoms with Crippen LogP contribution in [-0.4, -0.2) is 20.6 Å². The Kier molecular flexibility index (Phi) is 3.78. The molecule has 0 fully saturated rings. The summed E-state index contributed by atoms with van der Waals surface area (Å²) >= 11 is 0.